The standard InChI is InChI=1S/C19H20FNO/c1-2-14-7-3-4-10-17(14)21-18(22)19(11-6-12-19)15-8-5-9-16(20)13-15/h3-5,7-10,13H,2,6,11-12H2,1H3,(H,21,22). The summed E-state index contributed by atoms with van der Waals surface area (Å²) in [5.74, 6) is -0.309. The molecule has 2 nitrogen and oxygen atoms in total. The van der Waals surface area contributed by atoms with Crippen LogP contribution in [0.2, 0.25) is 0 Å². The van der Waals surface area contributed by atoms with E-state index in [1.807, 2.05) is 30.3 Å². The number of hydrogen-bond acceptors (Lipinski definition) is 1. The van der Waals surface area contributed by atoms with Gasteiger partial charge in [-0.2, -0.15) is 0 Å². The van der Waals surface area contributed by atoms with Crippen molar-refractivity contribution in [3.8, 4) is 0 Å². The lowest BCUT2D eigenvalue weighted by molar-refractivity contribution is -0.124. The van der Waals surface area contributed by atoms with Crippen LogP contribution in [-0.2, 0) is 16.6 Å². The van der Waals surface area contributed by atoms with Gasteiger partial charge in [-0.05, 0) is 48.6 Å². The van der Waals surface area contributed by atoms with Crippen LogP contribution in [0.4, 0.5) is 10.1 Å². The molecule has 2 aromatic carbocycles. The molecule has 1 amide bonds. The minimum atomic E-state index is -0.580. The number of para-hydroxylation sites is 1. The monoisotopic (exact) mass is 297 g/mol. The average molecular weight is 297 g/mol. The minimum Gasteiger partial charge on any atom is -0.325 e. The van der Waals surface area contributed by atoms with E-state index in [0.29, 0.717) is 0 Å². The first-order valence-corrected chi connectivity index (χ1v) is 7.81. The van der Waals surface area contributed by atoms with E-state index in [0.717, 1.165) is 42.5 Å². The molecule has 22 heavy (non-hydrogen) atoms. The first-order valence-electron chi connectivity index (χ1n) is 7.81. The van der Waals surface area contributed by atoms with Crippen LogP contribution in [0.1, 0.15) is 37.3 Å². The summed E-state index contributed by atoms with van der Waals surface area (Å²) in [6, 6.07) is 14.3. The van der Waals surface area contributed by atoms with Crippen molar-refractivity contribution in [1.29, 1.82) is 0 Å². The van der Waals surface area contributed by atoms with E-state index in [1.165, 1.54) is 12.1 Å². The maximum absolute atomic E-state index is 13.5. The van der Waals surface area contributed by atoms with Gasteiger partial charge in [-0.3, -0.25) is 4.79 Å². The van der Waals surface area contributed by atoms with E-state index in [2.05, 4.69) is 12.2 Å². The third kappa shape index (κ3) is 2.52. The first-order chi connectivity index (χ1) is 10.7. The summed E-state index contributed by atoms with van der Waals surface area (Å²) in [6.45, 7) is 2.07. The van der Waals surface area contributed by atoms with E-state index < -0.39 is 5.41 Å². The maximum atomic E-state index is 13.5. The zero-order chi connectivity index (χ0) is 15.6. The lowest BCUT2D eigenvalue weighted by Gasteiger charge is -2.40. The highest BCUT2D eigenvalue weighted by Crippen LogP contribution is 2.44. The predicted octanol–water partition coefficient (Wildman–Crippen LogP) is 4.45. The molecule has 1 aliphatic carbocycles. The molecule has 114 valence electrons. The number of halogens is 1. The third-order valence-corrected chi connectivity index (χ3v) is 4.67. The molecule has 2 aromatic rings. The highest BCUT2D eigenvalue weighted by atomic mass is 19.1. The number of rotatable bonds is 4. The number of nitrogens with one attached hydrogen (secondary N) is 1. The summed E-state index contributed by atoms with van der Waals surface area (Å²) in [4.78, 5) is 12.9. The lowest BCUT2D eigenvalue weighted by atomic mass is 9.63. The van der Waals surface area contributed by atoms with Gasteiger partial charge in [0.1, 0.15) is 5.82 Å². The van der Waals surface area contributed by atoms with Gasteiger partial charge in [0, 0.05) is 5.69 Å². The van der Waals surface area contributed by atoms with E-state index in [9.17, 15) is 9.18 Å². The Morgan fingerprint density at radius 2 is 1.95 bits per heavy atom. The van der Waals surface area contributed by atoms with Crippen molar-refractivity contribution in [2.75, 3.05) is 5.32 Å². The van der Waals surface area contributed by atoms with E-state index >= 15 is 0 Å². The van der Waals surface area contributed by atoms with Crippen LogP contribution in [-0.4, -0.2) is 5.91 Å². The Hall–Kier alpha value is -2.16. The number of amides is 1. The molecule has 0 atom stereocenters. The smallest absolute Gasteiger partial charge is 0.235 e. The van der Waals surface area contributed by atoms with Gasteiger partial charge in [0.2, 0.25) is 5.91 Å². The van der Waals surface area contributed by atoms with Crippen LogP contribution in [0, 0.1) is 5.82 Å². The summed E-state index contributed by atoms with van der Waals surface area (Å²) in [6.07, 6.45) is 3.41. The van der Waals surface area contributed by atoms with Crippen LogP contribution in [0.25, 0.3) is 0 Å². The number of aryl methyl sites for hydroxylation is 1. The Morgan fingerprint density at radius 1 is 1.18 bits per heavy atom. The van der Waals surface area contributed by atoms with Crippen molar-refractivity contribution in [1.82, 2.24) is 0 Å². The van der Waals surface area contributed by atoms with Crippen molar-refractivity contribution >= 4 is 11.6 Å². The largest absolute Gasteiger partial charge is 0.325 e. The van der Waals surface area contributed by atoms with Crippen LogP contribution in [0.5, 0.6) is 0 Å². The van der Waals surface area contributed by atoms with Crippen molar-refractivity contribution in [3.63, 3.8) is 0 Å². The van der Waals surface area contributed by atoms with Crippen LogP contribution in [0.3, 0.4) is 0 Å². The third-order valence-electron chi connectivity index (χ3n) is 4.67. The van der Waals surface area contributed by atoms with Gasteiger partial charge in [-0.15, -0.1) is 0 Å². The fourth-order valence-corrected chi connectivity index (χ4v) is 3.16. The quantitative estimate of drug-likeness (QED) is 0.887. The number of benzene rings is 2. The molecular formula is C19H20FNO. The minimum absolute atomic E-state index is 0.0229. The first kappa shape index (κ1) is 14.8. The van der Waals surface area contributed by atoms with Crippen molar-refractivity contribution < 1.29 is 9.18 Å². The average Bonchev–Trinajstić information content (AvgIpc) is 2.47. The number of anilines is 1. The second kappa shape index (κ2) is 5.91. The molecule has 1 fully saturated rings. The summed E-state index contributed by atoms with van der Waals surface area (Å²) >= 11 is 0. The van der Waals surface area contributed by atoms with Gasteiger partial charge in [0.25, 0.3) is 0 Å². The zero-order valence-electron chi connectivity index (χ0n) is 12.7. The van der Waals surface area contributed by atoms with Gasteiger partial charge >= 0.3 is 0 Å². The Kier molecular flexibility index (Phi) is 3.97. The number of hydrogen-bond donors (Lipinski definition) is 1. The molecule has 3 heteroatoms. The molecule has 1 aliphatic rings. The summed E-state index contributed by atoms with van der Waals surface area (Å²) in [7, 11) is 0. The van der Waals surface area contributed by atoms with E-state index in [4.69, 9.17) is 0 Å². The van der Waals surface area contributed by atoms with Gasteiger partial charge < -0.3 is 5.32 Å². The van der Waals surface area contributed by atoms with Crippen LogP contribution < -0.4 is 5.32 Å². The van der Waals surface area contributed by atoms with Crippen LogP contribution in [0.15, 0.2) is 48.5 Å². The van der Waals surface area contributed by atoms with Crippen molar-refractivity contribution in [2.45, 2.75) is 38.0 Å². The SMILES string of the molecule is CCc1ccccc1NC(=O)C1(c2cccc(F)c2)CCC1. The zero-order valence-corrected chi connectivity index (χ0v) is 12.7. The van der Waals surface area contributed by atoms with Gasteiger partial charge in [0.15, 0.2) is 0 Å². The van der Waals surface area contributed by atoms with Gasteiger partial charge in [0.05, 0.1) is 5.41 Å². The highest BCUT2D eigenvalue weighted by molar-refractivity contribution is 6.00. The molecule has 3 rings (SSSR count). The molecule has 0 aromatic heterocycles. The highest BCUT2D eigenvalue weighted by Gasteiger charge is 2.45. The Labute approximate surface area is 130 Å². The van der Waals surface area contributed by atoms with Gasteiger partial charge in [-0.1, -0.05) is 43.7 Å². The Balaban J connectivity index is 1.89. The molecule has 0 unspecified atom stereocenters. The molecule has 0 aliphatic heterocycles. The fraction of sp³-hybridized carbons (Fsp3) is 0.316. The van der Waals surface area contributed by atoms with Gasteiger partial charge in [-0.25, -0.2) is 4.39 Å². The summed E-state index contributed by atoms with van der Waals surface area (Å²) in [5.41, 5.74) is 2.18. The second-order valence-electron chi connectivity index (χ2n) is 5.91. The molecular weight excluding hydrogens is 277 g/mol. The molecule has 0 bridgehead atoms. The molecule has 0 heterocycles. The summed E-state index contributed by atoms with van der Waals surface area (Å²) < 4.78 is 13.5. The number of carbonyl (C=O) groups is 1. The maximum Gasteiger partial charge on any atom is 0.235 e. The molecule has 0 saturated heterocycles. The Bertz CT molecular complexity index is 691. The normalized spacial score (nSPS) is 15.9. The number of carbonyl (C=O) groups excluding carboxylic acids is 1. The fourth-order valence-electron chi connectivity index (χ4n) is 3.16. The lowest BCUT2D eigenvalue weighted by Crippen LogP contribution is -2.46. The van der Waals surface area contributed by atoms with Crippen molar-refractivity contribution in [3.05, 3.63) is 65.5 Å². The molecule has 1 N–H and O–H groups in total. The summed E-state index contributed by atoms with van der Waals surface area (Å²) in [5, 5.41) is 3.06. The topological polar surface area (TPSA) is 29.1 Å². The predicted molar refractivity (Wildman–Crippen MR) is 86.4 cm³/mol. The van der Waals surface area contributed by atoms with Crippen LogP contribution >= 0.6 is 0 Å². The molecule has 0 radical (unpaired) electrons. The Morgan fingerprint density at radius 3 is 2.59 bits per heavy atom. The van der Waals surface area contributed by atoms with E-state index in [-0.39, 0.29) is 11.7 Å². The van der Waals surface area contributed by atoms with E-state index in [1.54, 1.807) is 6.07 Å². The second-order valence-corrected chi connectivity index (χ2v) is 5.91. The molecule has 1 saturated carbocycles. The van der Waals surface area contributed by atoms with Crippen molar-refractivity contribution in [2.24, 2.45) is 0 Å². The molecule has 0 spiro atoms.